The summed E-state index contributed by atoms with van der Waals surface area (Å²) in [7, 11) is 0. The first-order valence-corrected chi connectivity index (χ1v) is 10.8. The summed E-state index contributed by atoms with van der Waals surface area (Å²) in [5.41, 5.74) is 9.52. The number of nitrogens with two attached hydrogens (primary N) is 1. The molecule has 0 unspecified atom stereocenters. The van der Waals surface area contributed by atoms with Crippen molar-refractivity contribution in [2.45, 2.75) is 40.2 Å². The van der Waals surface area contributed by atoms with Crippen LogP contribution in [-0.4, -0.2) is 34.8 Å². The van der Waals surface area contributed by atoms with E-state index in [4.69, 9.17) is 5.73 Å². The van der Waals surface area contributed by atoms with Crippen molar-refractivity contribution in [1.29, 1.82) is 0 Å². The second kappa shape index (κ2) is 12.3. The Morgan fingerprint density at radius 1 is 1.16 bits per heavy atom. The number of carbonyl (C=O) groups excluding carboxylic acids is 2. The molecule has 0 bridgehead atoms. The summed E-state index contributed by atoms with van der Waals surface area (Å²) in [6.45, 7) is 10.3. The fraction of sp³-hybridized carbons (Fsp3) is 0.320. The molecule has 7 nitrogen and oxygen atoms in total. The number of nitrogens with one attached hydrogen (secondary N) is 2. The van der Waals surface area contributed by atoms with E-state index in [2.05, 4.69) is 22.2 Å². The molecule has 0 atom stereocenters. The molecule has 0 radical (unpaired) electrons. The number of allylic oxidation sites excluding steroid dienone is 2. The highest BCUT2D eigenvalue weighted by Crippen LogP contribution is 2.12. The van der Waals surface area contributed by atoms with Crippen LogP contribution in [0.3, 0.4) is 0 Å². The topological polar surface area (TPSA) is 100 Å². The maximum Gasteiger partial charge on any atom is 0.273 e. The van der Waals surface area contributed by atoms with Crippen molar-refractivity contribution in [2.75, 3.05) is 18.8 Å². The van der Waals surface area contributed by atoms with Gasteiger partial charge in [-0.25, -0.2) is 4.98 Å². The van der Waals surface area contributed by atoms with Crippen molar-refractivity contribution < 1.29 is 9.59 Å². The van der Waals surface area contributed by atoms with Crippen LogP contribution in [0.2, 0.25) is 0 Å². The summed E-state index contributed by atoms with van der Waals surface area (Å²) in [6, 6.07) is 13.5. The Balaban J connectivity index is 1.97. The van der Waals surface area contributed by atoms with Crippen molar-refractivity contribution in [3.63, 3.8) is 0 Å². The molecule has 0 spiro atoms. The highest BCUT2D eigenvalue weighted by molar-refractivity contribution is 5.96. The van der Waals surface area contributed by atoms with E-state index >= 15 is 0 Å². The summed E-state index contributed by atoms with van der Waals surface area (Å²) < 4.78 is 0. The van der Waals surface area contributed by atoms with E-state index in [1.807, 2.05) is 63.2 Å². The lowest BCUT2D eigenvalue weighted by Gasteiger charge is -2.25. The second-order valence-corrected chi connectivity index (χ2v) is 7.42. The molecule has 0 fully saturated rings. The van der Waals surface area contributed by atoms with Crippen molar-refractivity contribution in [3.05, 3.63) is 83.3 Å². The van der Waals surface area contributed by atoms with Gasteiger partial charge in [0.2, 0.25) is 5.91 Å². The van der Waals surface area contributed by atoms with Crippen LogP contribution in [0.4, 0.5) is 5.82 Å². The third-order valence-corrected chi connectivity index (χ3v) is 5.13. The number of nitrogens with zero attached hydrogens (tertiary/aromatic N) is 2. The van der Waals surface area contributed by atoms with E-state index in [0.717, 1.165) is 23.4 Å². The number of carbonyl (C=O) groups is 2. The smallest absolute Gasteiger partial charge is 0.273 e. The predicted octanol–water partition coefficient (Wildman–Crippen LogP) is 3.08. The van der Waals surface area contributed by atoms with Gasteiger partial charge in [-0.05, 0) is 43.9 Å². The average molecular weight is 436 g/mol. The number of aryl methyl sites for hydroxylation is 1. The zero-order valence-electron chi connectivity index (χ0n) is 19.1. The van der Waals surface area contributed by atoms with Crippen molar-refractivity contribution in [3.8, 4) is 0 Å². The highest BCUT2D eigenvalue weighted by Gasteiger charge is 2.22. The van der Waals surface area contributed by atoms with Gasteiger partial charge in [-0.15, -0.1) is 0 Å². The average Bonchev–Trinajstić information content (AvgIpc) is 2.78. The Morgan fingerprint density at radius 3 is 2.50 bits per heavy atom. The Bertz CT molecular complexity index is 970. The number of hydrogen-bond donors (Lipinski definition) is 3. The third-order valence-electron chi connectivity index (χ3n) is 5.13. The molecule has 0 saturated heterocycles. The SMILES string of the molecule is C=C(NCCc1ccccc1)C(=O)N(CC(=O)NCc1ccc(N)nc1C)/C(=C\C)CC. The lowest BCUT2D eigenvalue weighted by molar-refractivity contribution is -0.131. The van der Waals surface area contributed by atoms with E-state index in [-0.39, 0.29) is 24.1 Å². The van der Waals surface area contributed by atoms with Crippen LogP contribution in [0.15, 0.2) is 66.5 Å². The van der Waals surface area contributed by atoms with Gasteiger partial charge in [0.1, 0.15) is 12.4 Å². The standard InChI is InChI=1S/C25H33N5O2/c1-5-22(6-2)30(17-24(31)28-16-21-12-13-23(26)29-18(21)3)25(32)19(4)27-15-14-20-10-8-7-9-11-20/h5,7-13,27H,4,6,14-17H2,1-3H3,(H2,26,29)(H,28,31)/b22-5-. The molecule has 1 heterocycles. The number of hydrogen-bond acceptors (Lipinski definition) is 5. The molecule has 1 aromatic carbocycles. The summed E-state index contributed by atoms with van der Waals surface area (Å²) in [6.07, 6.45) is 3.23. The molecule has 1 aromatic heterocycles. The molecule has 0 aliphatic rings. The van der Waals surface area contributed by atoms with Crippen molar-refractivity contribution in [2.24, 2.45) is 0 Å². The second-order valence-electron chi connectivity index (χ2n) is 7.42. The maximum absolute atomic E-state index is 13.1. The van der Waals surface area contributed by atoms with Crippen molar-refractivity contribution >= 4 is 17.6 Å². The number of nitrogen functional groups attached to an aromatic ring is 1. The van der Waals surface area contributed by atoms with E-state index in [9.17, 15) is 9.59 Å². The molecular weight excluding hydrogens is 402 g/mol. The van der Waals surface area contributed by atoms with E-state index < -0.39 is 0 Å². The van der Waals surface area contributed by atoms with Gasteiger partial charge >= 0.3 is 0 Å². The van der Waals surface area contributed by atoms with Gasteiger partial charge in [0.15, 0.2) is 0 Å². The third kappa shape index (κ3) is 7.27. The Hall–Kier alpha value is -3.61. The van der Waals surface area contributed by atoms with Crippen LogP contribution in [0.5, 0.6) is 0 Å². The van der Waals surface area contributed by atoms with Crippen molar-refractivity contribution in [1.82, 2.24) is 20.5 Å². The van der Waals surface area contributed by atoms with Crippen LogP contribution in [0.1, 0.15) is 37.1 Å². The molecule has 2 aromatic rings. The lowest BCUT2D eigenvalue weighted by Crippen LogP contribution is -2.42. The van der Waals surface area contributed by atoms with E-state index in [1.54, 1.807) is 6.07 Å². The molecule has 0 saturated carbocycles. The van der Waals surface area contributed by atoms with Crippen LogP contribution >= 0.6 is 0 Å². The number of benzene rings is 1. The van der Waals surface area contributed by atoms with Gasteiger partial charge in [-0.1, -0.05) is 56.0 Å². The lowest BCUT2D eigenvalue weighted by atomic mass is 10.1. The quantitative estimate of drug-likeness (QED) is 0.471. The molecule has 0 aliphatic carbocycles. The molecule has 2 amide bonds. The molecule has 7 heteroatoms. The molecule has 32 heavy (non-hydrogen) atoms. The zero-order valence-corrected chi connectivity index (χ0v) is 19.1. The van der Waals surface area contributed by atoms with E-state index in [0.29, 0.717) is 25.3 Å². The fourth-order valence-corrected chi connectivity index (χ4v) is 3.28. The molecule has 170 valence electrons. The first kappa shape index (κ1) is 24.7. The largest absolute Gasteiger partial charge is 0.384 e. The van der Waals surface area contributed by atoms with Gasteiger partial charge in [0.25, 0.3) is 5.91 Å². The number of anilines is 1. The molecule has 4 N–H and O–H groups in total. The van der Waals surface area contributed by atoms with Crippen LogP contribution < -0.4 is 16.4 Å². The number of pyridine rings is 1. The Labute approximate surface area is 190 Å². The van der Waals surface area contributed by atoms with Gasteiger partial charge in [-0.3, -0.25) is 9.59 Å². The van der Waals surface area contributed by atoms with Gasteiger partial charge < -0.3 is 21.3 Å². The van der Waals surface area contributed by atoms with Gasteiger partial charge in [0.05, 0.1) is 5.70 Å². The minimum Gasteiger partial charge on any atom is -0.384 e. The number of aromatic nitrogens is 1. The Morgan fingerprint density at radius 2 is 1.88 bits per heavy atom. The zero-order chi connectivity index (χ0) is 23.5. The highest BCUT2D eigenvalue weighted by atomic mass is 16.2. The minimum atomic E-state index is -0.312. The first-order chi connectivity index (χ1) is 15.3. The summed E-state index contributed by atoms with van der Waals surface area (Å²) in [5.74, 6) is -0.138. The predicted molar refractivity (Wildman–Crippen MR) is 128 cm³/mol. The number of rotatable bonds is 11. The molecule has 0 aliphatic heterocycles. The van der Waals surface area contributed by atoms with Gasteiger partial charge in [-0.2, -0.15) is 0 Å². The molecular formula is C25H33N5O2. The minimum absolute atomic E-state index is 0.0901. The monoisotopic (exact) mass is 435 g/mol. The van der Waals surface area contributed by atoms with Crippen LogP contribution in [-0.2, 0) is 22.6 Å². The van der Waals surface area contributed by atoms with E-state index in [1.165, 1.54) is 10.5 Å². The maximum atomic E-state index is 13.1. The summed E-state index contributed by atoms with van der Waals surface area (Å²) in [5, 5.41) is 5.95. The number of amides is 2. The molecule has 2 rings (SSSR count). The fourth-order valence-electron chi connectivity index (χ4n) is 3.28. The van der Waals surface area contributed by atoms with Crippen LogP contribution in [0.25, 0.3) is 0 Å². The summed E-state index contributed by atoms with van der Waals surface area (Å²) >= 11 is 0. The van der Waals surface area contributed by atoms with Gasteiger partial charge in [0, 0.05) is 24.5 Å². The van der Waals surface area contributed by atoms with Crippen LogP contribution in [0, 0.1) is 6.92 Å². The Kier molecular flexibility index (Phi) is 9.47. The normalized spacial score (nSPS) is 11.0. The first-order valence-electron chi connectivity index (χ1n) is 10.8. The summed E-state index contributed by atoms with van der Waals surface area (Å²) in [4.78, 5) is 31.4.